The summed E-state index contributed by atoms with van der Waals surface area (Å²) in [5.41, 5.74) is 0.840. The molecule has 0 unspecified atom stereocenters. The second-order valence-electron chi connectivity index (χ2n) is 6.70. The molecule has 1 fully saturated rings. The Morgan fingerprint density at radius 3 is 2.63 bits per heavy atom. The summed E-state index contributed by atoms with van der Waals surface area (Å²) in [4.78, 5) is 46.1. The zero-order valence-corrected chi connectivity index (χ0v) is 15.6. The van der Waals surface area contributed by atoms with Gasteiger partial charge in [-0.3, -0.25) is 24.5 Å². The Labute approximate surface area is 161 Å². The molecule has 3 atom stereocenters. The van der Waals surface area contributed by atoms with Gasteiger partial charge in [0.15, 0.2) is 6.61 Å². The number of carbonyl (C=O) groups is 3. The van der Waals surface area contributed by atoms with Crippen molar-refractivity contribution >= 4 is 29.3 Å². The molecule has 8 nitrogen and oxygen atoms in total. The fraction of sp³-hybridized carbons (Fsp3) is 0.500. The number of ketones is 1. The Balaban J connectivity index is 1.77. The third-order valence-electron chi connectivity index (χ3n) is 4.70. The summed E-state index contributed by atoms with van der Waals surface area (Å²) >= 11 is 5.78. The molecule has 1 amide bonds. The maximum absolute atomic E-state index is 12.0. The van der Waals surface area contributed by atoms with Crippen molar-refractivity contribution in [3.8, 4) is 0 Å². The van der Waals surface area contributed by atoms with E-state index in [4.69, 9.17) is 16.3 Å². The van der Waals surface area contributed by atoms with E-state index in [2.05, 4.69) is 5.32 Å². The normalized spacial score (nSPS) is 21.7. The number of carbonyl (C=O) groups excluding carboxylic acids is 3. The summed E-state index contributed by atoms with van der Waals surface area (Å²) in [5, 5.41) is 14.0. The van der Waals surface area contributed by atoms with Gasteiger partial charge in [-0.15, -0.1) is 0 Å². The number of nitro groups is 1. The van der Waals surface area contributed by atoms with Crippen LogP contribution in [0.4, 0.5) is 0 Å². The van der Waals surface area contributed by atoms with Gasteiger partial charge in [-0.1, -0.05) is 30.7 Å². The molecule has 0 aromatic heterocycles. The number of rotatable bonds is 8. The highest BCUT2D eigenvalue weighted by atomic mass is 35.5. The van der Waals surface area contributed by atoms with Crippen LogP contribution in [0.1, 0.15) is 25.3 Å². The van der Waals surface area contributed by atoms with Gasteiger partial charge in [-0.2, -0.15) is 0 Å². The first-order valence-corrected chi connectivity index (χ1v) is 8.95. The van der Waals surface area contributed by atoms with Crippen LogP contribution >= 0.6 is 11.6 Å². The lowest BCUT2D eigenvalue weighted by Crippen LogP contribution is -2.30. The van der Waals surface area contributed by atoms with Crippen LogP contribution in [-0.2, 0) is 25.7 Å². The van der Waals surface area contributed by atoms with Crippen LogP contribution in [0.3, 0.4) is 0 Å². The molecule has 1 aromatic carbocycles. The second kappa shape index (κ2) is 9.45. The van der Waals surface area contributed by atoms with Crippen LogP contribution < -0.4 is 5.32 Å². The number of nitrogens with zero attached hydrogens (tertiary/aromatic N) is 1. The van der Waals surface area contributed by atoms with Gasteiger partial charge >= 0.3 is 5.97 Å². The van der Waals surface area contributed by atoms with Crippen LogP contribution in [0.25, 0.3) is 0 Å². The van der Waals surface area contributed by atoms with Gasteiger partial charge in [0, 0.05) is 34.7 Å². The van der Waals surface area contributed by atoms with Crippen LogP contribution in [0.5, 0.6) is 0 Å². The third-order valence-corrected chi connectivity index (χ3v) is 4.95. The van der Waals surface area contributed by atoms with E-state index >= 15 is 0 Å². The Bertz CT molecular complexity index is 721. The Hall–Kier alpha value is -2.48. The van der Waals surface area contributed by atoms with E-state index < -0.39 is 35.2 Å². The summed E-state index contributed by atoms with van der Waals surface area (Å²) < 4.78 is 4.92. The van der Waals surface area contributed by atoms with E-state index in [-0.39, 0.29) is 37.6 Å². The average Bonchev–Trinajstić information content (AvgIpc) is 2.86. The predicted octanol–water partition coefficient (Wildman–Crippen LogP) is 2.01. The molecule has 146 valence electrons. The van der Waals surface area contributed by atoms with E-state index in [0.717, 1.165) is 5.56 Å². The first-order chi connectivity index (χ1) is 12.8. The summed E-state index contributed by atoms with van der Waals surface area (Å²) in [7, 11) is 0. The van der Waals surface area contributed by atoms with E-state index in [1.54, 1.807) is 31.2 Å². The lowest BCUT2D eigenvalue weighted by molar-refractivity contribution is -0.490. The van der Waals surface area contributed by atoms with Gasteiger partial charge in [-0.25, -0.2) is 0 Å². The smallest absolute Gasteiger partial charge is 0.307 e. The fourth-order valence-electron chi connectivity index (χ4n) is 3.24. The molecule has 2 rings (SSSR count). The molecule has 0 saturated heterocycles. The highest BCUT2D eigenvalue weighted by molar-refractivity contribution is 6.30. The predicted molar refractivity (Wildman–Crippen MR) is 96.5 cm³/mol. The Morgan fingerprint density at radius 2 is 2.00 bits per heavy atom. The molecule has 1 saturated carbocycles. The number of esters is 1. The summed E-state index contributed by atoms with van der Waals surface area (Å²) in [6.07, 6.45) is -0.0236. The van der Waals surface area contributed by atoms with E-state index in [1.807, 2.05) is 0 Å². The SMILES string of the molecule is C[C@H]1CC(=O)[C@@H](CC(=O)OCC(=O)NCc2ccc(Cl)cc2)[C@@H]1C[N+](=O)[O-]. The Kier molecular flexibility index (Phi) is 7.29. The lowest BCUT2D eigenvalue weighted by Gasteiger charge is -2.17. The number of ether oxygens (including phenoxy) is 1. The highest BCUT2D eigenvalue weighted by Gasteiger charge is 2.44. The maximum Gasteiger partial charge on any atom is 0.307 e. The van der Waals surface area contributed by atoms with Crippen molar-refractivity contribution in [1.29, 1.82) is 0 Å². The van der Waals surface area contributed by atoms with E-state index in [9.17, 15) is 24.5 Å². The molecule has 0 aliphatic heterocycles. The van der Waals surface area contributed by atoms with Gasteiger partial charge in [0.1, 0.15) is 5.78 Å². The quantitative estimate of drug-likeness (QED) is 0.408. The number of hydrogen-bond acceptors (Lipinski definition) is 6. The molecule has 0 radical (unpaired) electrons. The van der Waals surface area contributed by atoms with Crippen molar-refractivity contribution in [2.75, 3.05) is 13.2 Å². The van der Waals surface area contributed by atoms with Gasteiger partial charge in [0.2, 0.25) is 6.54 Å². The zero-order chi connectivity index (χ0) is 20.0. The van der Waals surface area contributed by atoms with Gasteiger partial charge in [0.05, 0.1) is 6.42 Å². The van der Waals surface area contributed by atoms with Crippen molar-refractivity contribution in [3.05, 3.63) is 45.0 Å². The number of benzene rings is 1. The molecule has 0 heterocycles. The Morgan fingerprint density at radius 1 is 1.33 bits per heavy atom. The molecule has 1 aromatic rings. The van der Waals surface area contributed by atoms with Crippen molar-refractivity contribution in [2.45, 2.75) is 26.3 Å². The van der Waals surface area contributed by atoms with Crippen molar-refractivity contribution in [1.82, 2.24) is 5.32 Å². The van der Waals surface area contributed by atoms with Crippen LogP contribution in [0, 0.1) is 27.9 Å². The largest absolute Gasteiger partial charge is 0.456 e. The van der Waals surface area contributed by atoms with Crippen LogP contribution in [0.2, 0.25) is 5.02 Å². The minimum absolute atomic E-state index is 0.150. The highest BCUT2D eigenvalue weighted by Crippen LogP contribution is 2.36. The van der Waals surface area contributed by atoms with Crippen LogP contribution in [0.15, 0.2) is 24.3 Å². The molecule has 9 heteroatoms. The van der Waals surface area contributed by atoms with Crippen LogP contribution in [-0.4, -0.2) is 35.7 Å². The molecular weight excluding hydrogens is 376 g/mol. The minimum atomic E-state index is -0.727. The molecule has 1 aliphatic rings. The number of amides is 1. The maximum atomic E-state index is 12.0. The molecule has 27 heavy (non-hydrogen) atoms. The van der Waals surface area contributed by atoms with Gasteiger partial charge in [0.25, 0.3) is 5.91 Å². The summed E-state index contributed by atoms with van der Waals surface area (Å²) in [5.74, 6) is -2.72. The third kappa shape index (κ3) is 6.32. The van der Waals surface area contributed by atoms with Crippen molar-refractivity contribution < 1.29 is 24.0 Å². The van der Waals surface area contributed by atoms with Gasteiger partial charge < -0.3 is 10.1 Å². The molecule has 1 aliphatic carbocycles. The molecule has 0 bridgehead atoms. The topological polar surface area (TPSA) is 116 Å². The van der Waals surface area contributed by atoms with Crippen molar-refractivity contribution in [2.24, 2.45) is 17.8 Å². The first-order valence-electron chi connectivity index (χ1n) is 8.57. The van der Waals surface area contributed by atoms with E-state index in [1.165, 1.54) is 0 Å². The van der Waals surface area contributed by atoms with Crippen molar-refractivity contribution in [3.63, 3.8) is 0 Å². The van der Waals surface area contributed by atoms with E-state index in [0.29, 0.717) is 5.02 Å². The molecule has 1 N–H and O–H groups in total. The second-order valence-corrected chi connectivity index (χ2v) is 7.14. The first kappa shape index (κ1) is 20.8. The fourth-order valence-corrected chi connectivity index (χ4v) is 3.36. The standard InChI is InChI=1S/C18H21ClN2O6/c1-11-6-16(22)14(15(11)9-21(25)26)7-18(24)27-10-17(23)20-8-12-2-4-13(19)5-3-12/h2-5,11,14-15H,6-10H2,1H3,(H,20,23)/t11-,14-,15+/m0/s1. The number of Topliss-reactive ketones (excluding diaryl/α,β-unsaturated/α-hetero) is 1. The molecule has 0 spiro atoms. The summed E-state index contributed by atoms with van der Waals surface area (Å²) in [6, 6.07) is 6.92. The van der Waals surface area contributed by atoms with Gasteiger partial charge in [-0.05, 0) is 23.6 Å². The molecular formula is C18H21ClN2O6. The number of nitrogens with one attached hydrogen (secondary N) is 1. The number of hydrogen-bond donors (Lipinski definition) is 1. The zero-order valence-electron chi connectivity index (χ0n) is 14.9. The monoisotopic (exact) mass is 396 g/mol. The minimum Gasteiger partial charge on any atom is -0.456 e. The summed E-state index contributed by atoms with van der Waals surface area (Å²) in [6.45, 7) is 1.20. The number of halogens is 1. The lowest BCUT2D eigenvalue weighted by atomic mass is 9.88. The average molecular weight is 397 g/mol.